The van der Waals surface area contributed by atoms with E-state index >= 15 is 0 Å². The Labute approximate surface area is 210 Å². The third-order valence-corrected chi connectivity index (χ3v) is 5.21. The van der Waals surface area contributed by atoms with Gasteiger partial charge in [0.2, 0.25) is 5.82 Å². The Morgan fingerprint density at radius 1 is 1.28 bits per heavy atom. The van der Waals surface area contributed by atoms with E-state index in [4.69, 9.17) is 4.74 Å². The molecule has 0 aliphatic rings. The van der Waals surface area contributed by atoms with E-state index in [9.17, 15) is 14.7 Å². The van der Waals surface area contributed by atoms with Crippen molar-refractivity contribution in [2.24, 2.45) is 0 Å². The van der Waals surface area contributed by atoms with Crippen molar-refractivity contribution in [2.45, 2.75) is 38.8 Å². The first-order chi connectivity index (χ1) is 17.2. The van der Waals surface area contributed by atoms with E-state index in [2.05, 4.69) is 32.3 Å². The van der Waals surface area contributed by atoms with Crippen molar-refractivity contribution in [3.63, 3.8) is 0 Å². The molecule has 1 aromatic heterocycles. The monoisotopic (exact) mass is 489 g/mol. The lowest BCUT2D eigenvalue weighted by Crippen LogP contribution is -2.40. The van der Waals surface area contributed by atoms with Crippen LogP contribution in [-0.2, 0) is 11.2 Å². The zero-order valence-corrected chi connectivity index (χ0v) is 20.9. The Morgan fingerprint density at radius 2 is 2.03 bits per heavy atom. The molecular weight excluding hydrogens is 458 g/mol. The molecule has 188 valence electrons. The predicted octanol–water partition coefficient (Wildman–Crippen LogP) is 2.35. The fraction of sp³-hybridized carbons (Fsp3) is 0.333. The van der Waals surface area contributed by atoms with Gasteiger partial charge in [-0.2, -0.15) is 0 Å². The lowest BCUT2D eigenvalue weighted by Gasteiger charge is -2.22. The number of rotatable bonds is 10. The zero-order valence-electron chi connectivity index (χ0n) is 20.9. The van der Waals surface area contributed by atoms with E-state index in [-0.39, 0.29) is 12.4 Å². The second-order valence-corrected chi connectivity index (χ2v) is 8.80. The molecule has 0 aliphatic heterocycles. The number of nitrogens with zero attached hydrogens (tertiary/aromatic N) is 3. The van der Waals surface area contributed by atoms with E-state index < -0.39 is 17.6 Å². The first-order valence-corrected chi connectivity index (χ1v) is 11.6. The molecule has 1 heterocycles. The number of H-pyrrole nitrogens is 1. The number of hydrogen-bond donors (Lipinski definition) is 3. The van der Waals surface area contributed by atoms with Crippen LogP contribution in [0.15, 0.2) is 48.5 Å². The van der Waals surface area contributed by atoms with Crippen molar-refractivity contribution in [1.29, 1.82) is 0 Å². The first kappa shape index (κ1) is 26.4. The van der Waals surface area contributed by atoms with Gasteiger partial charge in [0.15, 0.2) is 0 Å². The molecule has 1 atom stereocenters. The van der Waals surface area contributed by atoms with E-state index in [0.717, 1.165) is 16.8 Å². The molecule has 2 aromatic carbocycles. The topological polar surface area (TPSA) is 120 Å². The van der Waals surface area contributed by atoms with Crippen LogP contribution in [-0.4, -0.2) is 64.3 Å². The lowest BCUT2D eigenvalue weighted by atomic mass is 10.1. The highest BCUT2D eigenvalue weighted by molar-refractivity contribution is 5.92. The summed E-state index contributed by atoms with van der Waals surface area (Å²) in [6.45, 7) is 5.87. The lowest BCUT2D eigenvalue weighted by molar-refractivity contribution is -0.110. The summed E-state index contributed by atoms with van der Waals surface area (Å²) < 4.78 is 5.90. The van der Waals surface area contributed by atoms with Crippen LogP contribution in [0.2, 0.25) is 0 Å². The molecule has 1 amide bonds. The van der Waals surface area contributed by atoms with Crippen molar-refractivity contribution in [2.75, 3.05) is 25.1 Å². The van der Waals surface area contributed by atoms with Crippen molar-refractivity contribution in [1.82, 2.24) is 20.5 Å². The Bertz CT molecular complexity index is 1240. The Kier molecular flexibility index (Phi) is 8.81. The molecule has 9 heteroatoms. The van der Waals surface area contributed by atoms with E-state index in [1.807, 2.05) is 55.3 Å². The van der Waals surface area contributed by atoms with E-state index in [1.165, 1.54) is 0 Å². The minimum absolute atomic E-state index is 0.0473. The molecule has 9 nitrogen and oxygen atoms in total. The van der Waals surface area contributed by atoms with Gasteiger partial charge in [0.25, 0.3) is 5.91 Å². The highest BCUT2D eigenvalue weighted by Crippen LogP contribution is 2.29. The van der Waals surface area contributed by atoms with Gasteiger partial charge in [-0.25, -0.2) is 4.98 Å². The molecule has 0 saturated carbocycles. The largest absolute Gasteiger partial charge is 0.489 e. The number of ether oxygens (including phenoxy) is 1. The van der Waals surface area contributed by atoms with Crippen molar-refractivity contribution in [3.05, 3.63) is 71.3 Å². The maximum atomic E-state index is 12.6. The van der Waals surface area contributed by atoms with Crippen molar-refractivity contribution < 1.29 is 19.4 Å². The van der Waals surface area contributed by atoms with Gasteiger partial charge in [-0.05, 0) is 44.5 Å². The van der Waals surface area contributed by atoms with Gasteiger partial charge in [-0.1, -0.05) is 42.2 Å². The minimum atomic E-state index is -1.10. The summed E-state index contributed by atoms with van der Waals surface area (Å²) in [5, 5.41) is 19.2. The molecule has 3 rings (SSSR count). The molecule has 0 fully saturated rings. The smallest absolute Gasteiger partial charge is 0.291 e. The summed E-state index contributed by atoms with van der Waals surface area (Å²) in [6.07, 6.45) is 1.12. The number of aldehydes is 1. The molecule has 0 aliphatic carbocycles. The molecule has 1 unspecified atom stereocenters. The number of aliphatic hydroxyl groups is 1. The average Bonchev–Trinajstić information content (AvgIpc) is 3.33. The third kappa shape index (κ3) is 7.68. The number of nitrogens with one attached hydrogen (secondary N) is 2. The summed E-state index contributed by atoms with van der Waals surface area (Å²) >= 11 is 0. The summed E-state index contributed by atoms with van der Waals surface area (Å²) in [4.78, 5) is 30.5. The van der Waals surface area contributed by atoms with Crippen LogP contribution in [0.1, 0.15) is 48.3 Å². The van der Waals surface area contributed by atoms with Crippen LogP contribution in [0.4, 0.5) is 5.69 Å². The van der Waals surface area contributed by atoms with E-state index in [1.54, 1.807) is 26.0 Å². The number of hydrogen-bond acceptors (Lipinski definition) is 7. The van der Waals surface area contributed by atoms with Crippen molar-refractivity contribution in [3.8, 4) is 17.6 Å². The van der Waals surface area contributed by atoms with Crippen LogP contribution < -0.4 is 15.0 Å². The highest BCUT2D eigenvalue weighted by atomic mass is 16.5. The summed E-state index contributed by atoms with van der Waals surface area (Å²) in [6, 6.07) is 14.2. The second kappa shape index (κ2) is 12.0. The second-order valence-electron chi connectivity index (χ2n) is 8.80. The maximum Gasteiger partial charge on any atom is 0.291 e. The molecular formula is C27H31N5O4. The highest BCUT2D eigenvalue weighted by Gasteiger charge is 2.19. The standard InChI is InChI=1S/C27H31N5O4/c1-5-32(4)22-15-20(13-14-27(2,3)35)11-12-23(22)36-18-21(17-33)28-26(34)25-29-24(30-31-25)16-19-9-7-6-8-10-19/h6-12,15,17,21,35H,5,16,18H2,1-4H3,(H,28,34)(H,29,30,31). The van der Waals surface area contributed by atoms with Gasteiger partial charge in [-0.3, -0.25) is 9.89 Å². The summed E-state index contributed by atoms with van der Waals surface area (Å²) in [5.74, 6) is 6.21. The normalized spacial score (nSPS) is 11.7. The van der Waals surface area contributed by atoms with Gasteiger partial charge < -0.3 is 24.9 Å². The Morgan fingerprint density at radius 3 is 2.69 bits per heavy atom. The molecule has 0 bridgehead atoms. The van der Waals surface area contributed by atoms with Gasteiger partial charge in [0.1, 0.15) is 36.1 Å². The van der Waals surface area contributed by atoms with Crippen LogP contribution in [0.25, 0.3) is 0 Å². The Balaban J connectivity index is 1.65. The molecule has 0 saturated heterocycles. The zero-order chi connectivity index (χ0) is 26.1. The van der Waals surface area contributed by atoms with Gasteiger partial charge in [-0.15, -0.1) is 5.10 Å². The summed E-state index contributed by atoms with van der Waals surface area (Å²) in [7, 11) is 1.91. The molecule has 36 heavy (non-hydrogen) atoms. The minimum Gasteiger partial charge on any atom is -0.489 e. The van der Waals surface area contributed by atoms with Crippen LogP contribution >= 0.6 is 0 Å². The fourth-order valence-corrected chi connectivity index (χ4v) is 3.20. The Hall–Kier alpha value is -4.16. The molecule has 0 radical (unpaired) electrons. The number of aromatic amines is 1. The number of carbonyl (C=O) groups is 2. The fourth-order valence-electron chi connectivity index (χ4n) is 3.20. The van der Waals surface area contributed by atoms with Gasteiger partial charge in [0, 0.05) is 25.6 Å². The van der Waals surface area contributed by atoms with Crippen LogP contribution in [0.5, 0.6) is 5.75 Å². The molecule has 0 spiro atoms. The SMILES string of the molecule is CCN(C)c1cc(C#CC(C)(C)O)ccc1OCC(C=O)NC(=O)c1n[nH]c(Cc2ccccc2)n1. The van der Waals surface area contributed by atoms with Gasteiger partial charge >= 0.3 is 0 Å². The van der Waals surface area contributed by atoms with Gasteiger partial charge in [0.05, 0.1) is 5.69 Å². The van der Waals surface area contributed by atoms with Crippen molar-refractivity contribution >= 4 is 17.9 Å². The van der Waals surface area contributed by atoms with Crippen LogP contribution in [0, 0.1) is 11.8 Å². The number of aromatic nitrogens is 3. The first-order valence-electron chi connectivity index (χ1n) is 11.6. The predicted molar refractivity (Wildman–Crippen MR) is 137 cm³/mol. The van der Waals surface area contributed by atoms with Crippen LogP contribution in [0.3, 0.4) is 0 Å². The summed E-state index contributed by atoms with van der Waals surface area (Å²) in [5.41, 5.74) is 1.42. The van der Waals surface area contributed by atoms with E-state index in [0.29, 0.717) is 30.8 Å². The average molecular weight is 490 g/mol. The molecule has 3 aromatic rings. The number of benzene rings is 2. The quantitative estimate of drug-likeness (QED) is 0.295. The third-order valence-electron chi connectivity index (χ3n) is 5.21. The number of anilines is 1. The molecule has 3 N–H and O–H groups in total. The number of carbonyl (C=O) groups excluding carboxylic acids is 2. The maximum absolute atomic E-state index is 12.6. The number of amides is 1.